The van der Waals surface area contributed by atoms with Crippen molar-refractivity contribution in [3.05, 3.63) is 0 Å². The van der Waals surface area contributed by atoms with Crippen LogP contribution in [-0.4, -0.2) is 36.7 Å². The average Bonchev–Trinajstić information content (AvgIpc) is 1.80. The second-order valence-corrected chi connectivity index (χ2v) is 2.69. The van der Waals surface area contributed by atoms with Crippen LogP contribution in [0, 0.1) is 0 Å². The van der Waals surface area contributed by atoms with Gasteiger partial charge in [-0.25, -0.2) is 8.42 Å². The topological polar surface area (TPSA) is 130 Å². The van der Waals surface area contributed by atoms with Crippen molar-refractivity contribution < 1.29 is 78.4 Å². The van der Waals surface area contributed by atoms with Gasteiger partial charge >= 0.3 is 57.4 Å². The van der Waals surface area contributed by atoms with Gasteiger partial charge in [0, 0.05) is 0 Å². The summed E-state index contributed by atoms with van der Waals surface area (Å²) in [6.45, 7) is -0.846. The van der Waals surface area contributed by atoms with Crippen LogP contribution >= 0.6 is 0 Å². The first-order valence-electron chi connectivity index (χ1n) is 2.41. The van der Waals surface area contributed by atoms with Gasteiger partial charge in [0.05, 0.1) is 6.61 Å². The molecule has 0 radical (unpaired) electrons. The second-order valence-electron chi connectivity index (χ2n) is 1.64. The van der Waals surface area contributed by atoms with Gasteiger partial charge in [0.25, 0.3) is 0 Å². The molecule has 0 aromatic rings. The van der Waals surface area contributed by atoms with Crippen molar-refractivity contribution in [3.8, 4) is 0 Å². The molecule has 0 saturated carbocycles. The van der Waals surface area contributed by atoms with E-state index in [0.717, 1.165) is 0 Å². The quantitative estimate of drug-likeness (QED) is 0.277. The Labute approximate surface area is 112 Å². The molecule has 1 atom stereocenters. The minimum Gasteiger partial charge on any atom is -0.726 e. The molecule has 0 spiro atoms. The number of hydrogen-bond acceptors (Lipinski definition) is 6. The average molecular weight is 223 g/mol. The Morgan fingerprint density at radius 1 is 1.67 bits per heavy atom. The molecule has 0 bridgehead atoms. The van der Waals surface area contributed by atoms with Crippen LogP contribution in [0.3, 0.4) is 0 Å². The van der Waals surface area contributed by atoms with Gasteiger partial charge in [-0.2, -0.15) is 0 Å². The normalized spacial score (nSPS) is 13.2. The molecule has 0 heterocycles. The number of rotatable bonds is 4. The standard InChI is InChI=1S/C3H7NO6S.K/c4-2(3(5)6)1-10-11(7,8)9;/h2H,1,4H2,(H,5,6)(H,7,8,9);/q;+1/p-1. The summed E-state index contributed by atoms with van der Waals surface area (Å²) in [6.07, 6.45) is 0. The zero-order chi connectivity index (χ0) is 9.07. The van der Waals surface area contributed by atoms with Crippen LogP contribution in [-0.2, 0) is 19.4 Å². The van der Waals surface area contributed by atoms with Crippen LogP contribution < -0.4 is 57.1 Å². The van der Waals surface area contributed by atoms with Crippen molar-refractivity contribution in [2.75, 3.05) is 6.61 Å². The van der Waals surface area contributed by atoms with E-state index in [9.17, 15) is 17.8 Å². The van der Waals surface area contributed by atoms with E-state index in [4.69, 9.17) is 10.8 Å². The Bertz CT molecular complexity index is 237. The maximum Gasteiger partial charge on any atom is 1.00 e. The first-order chi connectivity index (χ1) is 4.83. The largest absolute Gasteiger partial charge is 1.00 e. The molecular formula is C3H6KNO6S. The number of aliphatic carboxylic acids is 1. The zero-order valence-corrected chi connectivity index (χ0v) is 10.2. The Morgan fingerprint density at radius 2 is 2.08 bits per heavy atom. The number of hydrogen-bond donors (Lipinski definition) is 2. The number of carboxylic acids is 1. The van der Waals surface area contributed by atoms with E-state index in [1.165, 1.54) is 0 Å². The van der Waals surface area contributed by atoms with Gasteiger partial charge in [0.2, 0.25) is 10.4 Å². The SMILES string of the molecule is NC(COS(=O)(=O)[O-])C(=O)O.[K+]. The summed E-state index contributed by atoms with van der Waals surface area (Å²) in [7, 11) is -4.85. The van der Waals surface area contributed by atoms with E-state index in [0.29, 0.717) is 0 Å². The minimum atomic E-state index is -4.85. The molecule has 0 amide bonds. The molecule has 12 heavy (non-hydrogen) atoms. The van der Waals surface area contributed by atoms with Crippen molar-refractivity contribution in [3.63, 3.8) is 0 Å². The van der Waals surface area contributed by atoms with Gasteiger partial charge in [0.1, 0.15) is 6.04 Å². The Kier molecular flexibility index (Phi) is 8.22. The zero-order valence-electron chi connectivity index (χ0n) is 6.26. The van der Waals surface area contributed by atoms with E-state index in [-0.39, 0.29) is 51.4 Å². The molecule has 0 saturated heterocycles. The monoisotopic (exact) mass is 223 g/mol. The first kappa shape index (κ1) is 15.4. The van der Waals surface area contributed by atoms with Crippen LogP contribution in [0.4, 0.5) is 0 Å². The molecule has 0 aliphatic heterocycles. The predicted molar refractivity (Wildman–Crippen MR) is 31.3 cm³/mol. The molecule has 9 heteroatoms. The van der Waals surface area contributed by atoms with Crippen molar-refractivity contribution in [2.45, 2.75) is 6.04 Å². The van der Waals surface area contributed by atoms with Crippen LogP contribution in [0.15, 0.2) is 0 Å². The maximum atomic E-state index is 9.91. The molecule has 0 aromatic heterocycles. The molecule has 0 fully saturated rings. The van der Waals surface area contributed by atoms with Crippen molar-refractivity contribution in [1.82, 2.24) is 0 Å². The van der Waals surface area contributed by atoms with E-state index in [1.807, 2.05) is 0 Å². The summed E-state index contributed by atoms with van der Waals surface area (Å²) in [5.74, 6) is -1.44. The van der Waals surface area contributed by atoms with Crippen molar-refractivity contribution >= 4 is 16.4 Å². The van der Waals surface area contributed by atoms with Gasteiger partial charge in [-0.1, -0.05) is 0 Å². The third-order valence-electron chi connectivity index (χ3n) is 0.709. The number of carbonyl (C=O) groups is 1. The number of carboxylic acid groups (broad SMARTS) is 1. The Balaban J connectivity index is 0. The van der Waals surface area contributed by atoms with Crippen molar-refractivity contribution in [2.24, 2.45) is 5.73 Å². The predicted octanol–water partition coefficient (Wildman–Crippen LogP) is -5.12. The fraction of sp³-hybridized carbons (Fsp3) is 0.667. The fourth-order valence-electron chi connectivity index (χ4n) is 0.228. The Morgan fingerprint density at radius 3 is 2.33 bits per heavy atom. The summed E-state index contributed by atoms with van der Waals surface area (Å²) in [5, 5.41) is 8.08. The van der Waals surface area contributed by atoms with Crippen LogP contribution in [0.5, 0.6) is 0 Å². The summed E-state index contributed by atoms with van der Waals surface area (Å²) in [4.78, 5) is 9.91. The van der Waals surface area contributed by atoms with Crippen LogP contribution in [0.25, 0.3) is 0 Å². The second kappa shape index (κ2) is 6.40. The van der Waals surface area contributed by atoms with Gasteiger partial charge in [-0.05, 0) is 0 Å². The van der Waals surface area contributed by atoms with Gasteiger partial charge in [-0.15, -0.1) is 0 Å². The van der Waals surface area contributed by atoms with E-state index in [2.05, 4.69) is 4.18 Å². The maximum absolute atomic E-state index is 9.91. The number of nitrogens with two attached hydrogens (primary N) is 1. The summed E-state index contributed by atoms with van der Waals surface area (Å²) < 4.78 is 32.8. The van der Waals surface area contributed by atoms with Crippen LogP contribution in [0.1, 0.15) is 0 Å². The van der Waals surface area contributed by atoms with Crippen molar-refractivity contribution in [1.29, 1.82) is 0 Å². The van der Waals surface area contributed by atoms with E-state index >= 15 is 0 Å². The summed E-state index contributed by atoms with van der Waals surface area (Å²) in [5.41, 5.74) is 4.80. The summed E-state index contributed by atoms with van der Waals surface area (Å²) in [6, 6.07) is -1.50. The van der Waals surface area contributed by atoms with Gasteiger partial charge in [0.15, 0.2) is 0 Å². The molecule has 0 aliphatic rings. The Hall–Kier alpha value is 0.936. The van der Waals surface area contributed by atoms with E-state index < -0.39 is 29.0 Å². The first-order valence-corrected chi connectivity index (χ1v) is 3.75. The molecular weight excluding hydrogens is 217 g/mol. The molecule has 7 nitrogen and oxygen atoms in total. The van der Waals surface area contributed by atoms with Gasteiger partial charge in [-0.3, -0.25) is 8.98 Å². The molecule has 1 unspecified atom stereocenters. The van der Waals surface area contributed by atoms with Crippen LogP contribution in [0.2, 0.25) is 0 Å². The third kappa shape index (κ3) is 9.03. The molecule has 3 N–H and O–H groups in total. The van der Waals surface area contributed by atoms with Gasteiger partial charge < -0.3 is 15.4 Å². The smallest absolute Gasteiger partial charge is 0.726 e. The molecule has 0 aromatic carbocycles. The third-order valence-corrected chi connectivity index (χ3v) is 1.13. The minimum absolute atomic E-state index is 0. The molecule has 0 aliphatic carbocycles. The molecule has 66 valence electrons. The molecule has 0 rings (SSSR count). The summed E-state index contributed by atoms with van der Waals surface area (Å²) >= 11 is 0. The van der Waals surface area contributed by atoms with E-state index in [1.54, 1.807) is 0 Å². The fourth-order valence-corrected chi connectivity index (χ4v) is 0.541.